The minimum atomic E-state index is 0.443. The number of rotatable bonds is 5. The molecule has 0 unspecified atom stereocenters. The monoisotopic (exact) mass is 321 g/mol. The normalized spacial score (nSPS) is 11.9. The van der Waals surface area contributed by atoms with Crippen LogP contribution in [0.3, 0.4) is 0 Å². The minimum absolute atomic E-state index is 0.443. The zero-order valence-corrected chi connectivity index (χ0v) is 13.3. The van der Waals surface area contributed by atoms with Gasteiger partial charge in [-0.2, -0.15) is 0 Å². The number of nitrogens with zero attached hydrogens (tertiary/aromatic N) is 1. The SMILES string of the molecule is NCCCOCc1nc2c([nH]1)-c1ccccc1Oc1ccccc1-2. The van der Waals surface area contributed by atoms with Crippen molar-refractivity contribution in [3.63, 3.8) is 0 Å². The van der Waals surface area contributed by atoms with E-state index >= 15 is 0 Å². The number of aromatic amines is 1. The largest absolute Gasteiger partial charge is 0.456 e. The average molecular weight is 321 g/mol. The summed E-state index contributed by atoms with van der Waals surface area (Å²) in [6.45, 7) is 1.71. The summed E-state index contributed by atoms with van der Waals surface area (Å²) in [7, 11) is 0. The first kappa shape index (κ1) is 14.9. The van der Waals surface area contributed by atoms with E-state index in [0.29, 0.717) is 19.8 Å². The molecule has 0 amide bonds. The zero-order chi connectivity index (χ0) is 16.4. The molecule has 0 saturated heterocycles. The van der Waals surface area contributed by atoms with E-state index in [1.807, 2.05) is 48.5 Å². The van der Waals surface area contributed by atoms with E-state index < -0.39 is 0 Å². The maximum absolute atomic E-state index is 6.09. The van der Waals surface area contributed by atoms with E-state index in [-0.39, 0.29) is 0 Å². The highest BCUT2D eigenvalue weighted by Gasteiger charge is 2.23. The van der Waals surface area contributed by atoms with Crippen LogP contribution in [0.4, 0.5) is 0 Å². The van der Waals surface area contributed by atoms with Gasteiger partial charge in [0.15, 0.2) is 0 Å². The first-order valence-corrected chi connectivity index (χ1v) is 8.10. The van der Waals surface area contributed by atoms with Crippen molar-refractivity contribution in [1.29, 1.82) is 0 Å². The summed E-state index contributed by atoms with van der Waals surface area (Å²) in [6.07, 6.45) is 0.847. The number of imidazole rings is 1. The second-order valence-corrected chi connectivity index (χ2v) is 5.70. The van der Waals surface area contributed by atoms with Gasteiger partial charge < -0.3 is 20.2 Å². The fourth-order valence-electron chi connectivity index (χ4n) is 2.87. The number of para-hydroxylation sites is 2. The van der Waals surface area contributed by atoms with Crippen molar-refractivity contribution < 1.29 is 9.47 Å². The lowest BCUT2D eigenvalue weighted by atomic mass is 10.1. The molecule has 0 saturated carbocycles. The van der Waals surface area contributed by atoms with E-state index in [4.69, 9.17) is 20.2 Å². The predicted molar refractivity (Wildman–Crippen MR) is 92.9 cm³/mol. The van der Waals surface area contributed by atoms with Gasteiger partial charge in [-0.05, 0) is 37.2 Å². The van der Waals surface area contributed by atoms with Gasteiger partial charge in [0, 0.05) is 17.7 Å². The molecule has 5 nitrogen and oxygen atoms in total. The van der Waals surface area contributed by atoms with E-state index in [9.17, 15) is 0 Å². The molecule has 3 N–H and O–H groups in total. The Kier molecular flexibility index (Phi) is 4.02. The molecule has 1 aliphatic rings. The molecule has 0 aliphatic carbocycles. The lowest BCUT2D eigenvalue weighted by Gasteiger charge is -2.08. The number of nitrogens with two attached hydrogens (primary N) is 1. The van der Waals surface area contributed by atoms with Crippen molar-refractivity contribution in [3.05, 3.63) is 54.4 Å². The molecular weight excluding hydrogens is 302 g/mol. The van der Waals surface area contributed by atoms with Crippen LogP contribution in [0.5, 0.6) is 11.5 Å². The topological polar surface area (TPSA) is 73.2 Å². The molecule has 4 rings (SSSR count). The molecule has 2 aromatic carbocycles. The summed E-state index contributed by atoms with van der Waals surface area (Å²) in [4.78, 5) is 8.16. The molecule has 3 aromatic rings. The molecule has 0 atom stereocenters. The lowest BCUT2D eigenvalue weighted by Crippen LogP contribution is -2.04. The molecule has 1 aromatic heterocycles. The number of H-pyrrole nitrogens is 1. The van der Waals surface area contributed by atoms with Crippen LogP contribution >= 0.6 is 0 Å². The Labute approximate surface area is 140 Å². The summed E-state index contributed by atoms with van der Waals surface area (Å²) in [5, 5.41) is 0. The number of aromatic nitrogens is 2. The molecule has 0 radical (unpaired) electrons. The van der Waals surface area contributed by atoms with Crippen molar-refractivity contribution in [2.45, 2.75) is 13.0 Å². The lowest BCUT2D eigenvalue weighted by molar-refractivity contribution is 0.115. The molecule has 5 heteroatoms. The minimum Gasteiger partial charge on any atom is -0.456 e. The van der Waals surface area contributed by atoms with Crippen LogP contribution in [-0.2, 0) is 11.3 Å². The van der Waals surface area contributed by atoms with Crippen LogP contribution in [0, 0.1) is 0 Å². The van der Waals surface area contributed by atoms with Crippen LogP contribution in [-0.4, -0.2) is 23.1 Å². The number of benzene rings is 2. The van der Waals surface area contributed by atoms with Crippen molar-refractivity contribution in [2.24, 2.45) is 5.73 Å². The van der Waals surface area contributed by atoms with Gasteiger partial charge in [-0.25, -0.2) is 4.98 Å². The molecule has 0 bridgehead atoms. The summed E-state index contributed by atoms with van der Waals surface area (Å²) >= 11 is 0. The van der Waals surface area contributed by atoms with Crippen LogP contribution in [0.1, 0.15) is 12.2 Å². The number of hydrogen-bond donors (Lipinski definition) is 2. The number of nitrogens with one attached hydrogen (secondary N) is 1. The van der Waals surface area contributed by atoms with Gasteiger partial charge in [-0.1, -0.05) is 24.3 Å². The fraction of sp³-hybridized carbons (Fsp3) is 0.211. The Morgan fingerprint density at radius 2 is 1.71 bits per heavy atom. The van der Waals surface area contributed by atoms with E-state index in [1.165, 1.54) is 0 Å². The quantitative estimate of drug-likeness (QED) is 0.550. The van der Waals surface area contributed by atoms with E-state index in [2.05, 4.69) is 4.98 Å². The second kappa shape index (κ2) is 6.47. The average Bonchev–Trinajstić information content (AvgIpc) is 2.98. The zero-order valence-electron chi connectivity index (χ0n) is 13.3. The van der Waals surface area contributed by atoms with Crippen molar-refractivity contribution in [2.75, 3.05) is 13.2 Å². The number of fused-ring (bicyclic) bond motifs is 5. The molecule has 122 valence electrons. The van der Waals surface area contributed by atoms with Gasteiger partial charge in [0.05, 0.1) is 5.69 Å². The Bertz CT molecular complexity index is 794. The standard InChI is InChI=1S/C19H19N3O2/c20-10-5-11-23-12-17-21-18-13-6-1-3-8-15(13)24-16-9-4-2-7-14(16)19(18)22-17/h1-4,6-9H,5,10-12,20H2,(H,21,22). The molecule has 0 spiro atoms. The highest BCUT2D eigenvalue weighted by atomic mass is 16.5. The summed E-state index contributed by atoms with van der Waals surface area (Å²) in [5.74, 6) is 2.44. The third-order valence-corrected chi connectivity index (χ3v) is 4.00. The first-order valence-electron chi connectivity index (χ1n) is 8.10. The van der Waals surface area contributed by atoms with Crippen LogP contribution in [0.25, 0.3) is 22.5 Å². The number of ether oxygens (including phenoxy) is 2. The second-order valence-electron chi connectivity index (χ2n) is 5.70. The van der Waals surface area contributed by atoms with Crippen molar-refractivity contribution in [1.82, 2.24) is 9.97 Å². The van der Waals surface area contributed by atoms with Gasteiger partial charge in [0.25, 0.3) is 0 Å². The Hall–Kier alpha value is -2.63. The van der Waals surface area contributed by atoms with Crippen molar-refractivity contribution in [3.8, 4) is 34.0 Å². The summed E-state index contributed by atoms with van der Waals surface area (Å²) < 4.78 is 11.7. The Morgan fingerprint density at radius 3 is 2.50 bits per heavy atom. The summed E-state index contributed by atoms with van der Waals surface area (Å²) in [6, 6.07) is 15.9. The molecular formula is C19H19N3O2. The van der Waals surface area contributed by atoms with Crippen LogP contribution in [0.15, 0.2) is 48.5 Å². The molecule has 0 fully saturated rings. The molecule has 2 heterocycles. The number of hydrogen-bond acceptors (Lipinski definition) is 4. The van der Waals surface area contributed by atoms with Crippen LogP contribution in [0.2, 0.25) is 0 Å². The maximum Gasteiger partial charge on any atom is 0.136 e. The van der Waals surface area contributed by atoms with Gasteiger partial charge in [-0.3, -0.25) is 0 Å². The van der Waals surface area contributed by atoms with E-state index in [1.54, 1.807) is 0 Å². The smallest absolute Gasteiger partial charge is 0.136 e. The highest BCUT2D eigenvalue weighted by molar-refractivity contribution is 5.86. The maximum atomic E-state index is 6.09. The predicted octanol–water partition coefficient (Wildman–Crippen LogP) is 3.71. The van der Waals surface area contributed by atoms with Gasteiger partial charge in [-0.15, -0.1) is 0 Å². The van der Waals surface area contributed by atoms with Crippen molar-refractivity contribution >= 4 is 0 Å². The first-order chi connectivity index (χ1) is 11.9. The summed E-state index contributed by atoms with van der Waals surface area (Å²) in [5.41, 5.74) is 9.34. The Morgan fingerprint density at radius 1 is 1.00 bits per heavy atom. The van der Waals surface area contributed by atoms with Gasteiger partial charge >= 0.3 is 0 Å². The van der Waals surface area contributed by atoms with E-state index in [0.717, 1.165) is 46.3 Å². The highest BCUT2D eigenvalue weighted by Crippen LogP contribution is 2.45. The van der Waals surface area contributed by atoms with Gasteiger partial charge in [0.2, 0.25) is 0 Å². The molecule has 24 heavy (non-hydrogen) atoms. The van der Waals surface area contributed by atoms with Gasteiger partial charge in [0.1, 0.15) is 29.6 Å². The van der Waals surface area contributed by atoms with Crippen LogP contribution < -0.4 is 10.5 Å². The fourth-order valence-corrected chi connectivity index (χ4v) is 2.87. The molecule has 1 aliphatic heterocycles. The third-order valence-electron chi connectivity index (χ3n) is 4.00. The third kappa shape index (κ3) is 2.68. The Balaban J connectivity index is 1.77.